The fourth-order valence-corrected chi connectivity index (χ4v) is 4.34. The van der Waals surface area contributed by atoms with Crippen molar-refractivity contribution in [3.8, 4) is 5.75 Å². The van der Waals surface area contributed by atoms with Gasteiger partial charge in [-0.1, -0.05) is 45.7 Å². The molecule has 0 radical (unpaired) electrons. The highest BCUT2D eigenvalue weighted by atomic mass is 79.9. The Bertz CT molecular complexity index is 796. The maximum atomic E-state index is 12.6. The SMILES string of the molecule is COc1ccccc1CCN(C)S(=O)(=O)c1ccc(Br)cc1Cl. The first kappa shape index (κ1) is 18.3. The van der Waals surface area contributed by atoms with Gasteiger partial charge in [0.15, 0.2) is 0 Å². The highest BCUT2D eigenvalue weighted by Gasteiger charge is 2.23. The maximum Gasteiger partial charge on any atom is 0.244 e. The first-order chi connectivity index (χ1) is 10.9. The molecule has 0 amide bonds. The van der Waals surface area contributed by atoms with E-state index in [1.165, 1.54) is 10.4 Å². The number of nitrogens with zero attached hydrogens (tertiary/aromatic N) is 1. The van der Waals surface area contributed by atoms with Crippen LogP contribution in [0.2, 0.25) is 5.02 Å². The van der Waals surface area contributed by atoms with Crippen LogP contribution in [0.1, 0.15) is 5.56 Å². The van der Waals surface area contributed by atoms with E-state index < -0.39 is 10.0 Å². The van der Waals surface area contributed by atoms with Crippen molar-refractivity contribution in [3.63, 3.8) is 0 Å². The molecule has 7 heteroatoms. The molecule has 0 unspecified atom stereocenters. The van der Waals surface area contributed by atoms with Crippen molar-refractivity contribution in [2.45, 2.75) is 11.3 Å². The topological polar surface area (TPSA) is 46.6 Å². The third-order valence-electron chi connectivity index (χ3n) is 3.47. The molecule has 0 aliphatic carbocycles. The molecular weight excluding hydrogens is 402 g/mol. The van der Waals surface area contributed by atoms with Crippen LogP contribution in [0.15, 0.2) is 51.8 Å². The van der Waals surface area contributed by atoms with Gasteiger partial charge < -0.3 is 4.74 Å². The smallest absolute Gasteiger partial charge is 0.244 e. The van der Waals surface area contributed by atoms with Gasteiger partial charge in [-0.2, -0.15) is 0 Å². The number of methoxy groups -OCH3 is 1. The van der Waals surface area contributed by atoms with E-state index in [1.54, 1.807) is 26.3 Å². The molecule has 2 aromatic rings. The van der Waals surface area contributed by atoms with Gasteiger partial charge in [-0.15, -0.1) is 0 Å². The quantitative estimate of drug-likeness (QED) is 0.713. The normalized spacial score (nSPS) is 11.7. The van der Waals surface area contributed by atoms with Crippen LogP contribution in [-0.2, 0) is 16.4 Å². The van der Waals surface area contributed by atoms with E-state index in [0.29, 0.717) is 13.0 Å². The second kappa shape index (κ2) is 7.66. The van der Waals surface area contributed by atoms with Crippen molar-refractivity contribution in [2.75, 3.05) is 20.7 Å². The molecule has 0 aliphatic rings. The summed E-state index contributed by atoms with van der Waals surface area (Å²) in [6.45, 7) is 0.328. The number of ether oxygens (including phenoxy) is 1. The van der Waals surface area contributed by atoms with E-state index in [9.17, 15) is 8.42 Å². The minimum Gasteiger partial charge on any atom is -0.496 e. The molecule has 0 N–H and O–H groups in total. The summed E-state index contributed by atoms with van der Waals surface area (Å²) in [4.78, 5) is 0.102. The van der Waals surface area contributed by atoms with Crippen molar-refractivity contribution < 1.29 is 13.2 Å². The summed E-state index contributed by atoms with van der Waals surface area (Å²) in [5, 5.41) is 0.198. The van der Waals surface area contributed by atoms with Gasteiger partial charge >= 0.3 is 0 Å². The monoisotopic (exact) mass is 417 g/mol. The van der Waals surface area contributed by atoms with E-state index in [-0.39, 0.29) is 9.92 Å². The zero-order valence-electron chi connectivity index (χ0n) is 12.8. The molecule has 0 aromatic heterocycles. The number of halogens is 2. The van der Waals surface area contributed by atoms with Crippen LogP contribution in [0.5, 0.6) is 5.75 Å². The minimum atomic E-state index is -3.64. The van der Waals surface area contributed by atoms with Crippen LogP contribution in [0.4, 0.5) is 0 Å². The van der Waals surface area contributed by atoms with Crippen LogP contribution < -0.4 is 4.74 Å². The highest BCUT2D eigenvalue weighted by Crippen LogP contribution is 2.27. The van der Waals surface area contributed by atoms with Gasteiger partial charge in [0.1, 0.15) is 10.6 Å². The third kappa shape index (κ3) is 4.26. The van der Waals surface area contributed by atoms with Gasteiger partial charge in [0.05, 0.1) is 12.1 Å². The zero-order chi connectivity index (χ0) is 17.0. The molecule has 0 aliphatic heterocycles. The largest absolute Gasteiger partial charge is 0.496 e. The first-order valence-corrected chi connectivity index (χ1v) is 9.50. The first-order valence-electron chi connectivity index (χ1n) is 6.89. The number of likely N-dealkylation sites (N-methyl/N-ethyl adjacent to an activating group) is 1. The number of hydrogen-bond acceptors (Lipinski definition) is 3. The molecule has 0 atom stereocenters. The molecule has 23 heavy (non-hydrogen) atoms. The zero-order valence-corrected chi connectivity index (χ0v) is 16.0. The summed E-state index contributed by atoms with van der Waals surface area (Å²) in [5.74, 6) is 0.750. The van der Waals surface area contributed by atoms with Gasteiger partial charge in [0.25, 0.3) is 0 Å². The Balaban J connectivity index is 2.17. The summed E-state index contributed by atoms with van der Waals surface area (Å²) in [5.41, 5.74) is 0.957. The molecule has 0 saturated carbocycles. The van der Waals surface area contributed by atoms with Crippen molar-refractivity contribution in [1.29, 1.82) is 0 Å². The van der Waals surface area contributed by atoms with Gasteiger partial charge in [0.2, 0.25) is 10.0 Å². The van der Waals surface area contributed by atoms with Crippen LogP contribution in [-0.4, -0.2) is 33.4 Å². The molecule has 0 fully saturated rings. The second-order valence-electron chi connectivity index (χ2n) is 4.96. The minimum absolute atomic E-state index is 0.102. The summed E-state index contributed by atoms with van der Waals surface area (Å²) in [6, 6.07) is 12.3. The van der Waals surface area contributed by atoms with E-state index in [4.69, 9.17) is 16.3 Å². The number of sulfonamides is 1. The molecule has 0 bridgehead atoms. The van der Waals surface area contributed by atoms with Crippen LogP contribution in [0.3, 0.4) is 0 Å². The molecule has 2 aromatic carbocycles. The molecule has 124 valence electrons. The lowest BCUT2D eigenvalue weighted by atomic mass is 10.1. The Morgan fingerprint density at radius 1 is 1.22 bits per heavy atom. The van der Waals surface area contributed by atoms with Crippen LogP contribution in [0.25, 0.3) is 0 Å². The van der Waals surface area contributed by atoms with Crippen LogP contribution >= 0.6 is 27.5 Å². The molecule has 4 nitrogen and oxygen atoms in total. The summed E-state index contributed by atoms with van der Waals surface area (Å²) >= 11 is 9.34. The predicted molar refractivity (Wildman–Crippen MR) is 95.7 cm³/mol. The van der Waals surface area contributed by atoms with Crippen molar-refractivity contribution in [1.82, 2.24) is 4.31 Å². The maximum absolute atomic E-state index is 12.6. The number of para-hydroxylation sites is 1. The Labute approximate surface area is 150 Å². The Kier molecular flexibility index (Phi) is 6.08. The molecule has 0 spiro atoms. The lowest BCUT2D eigenvalue weighted by Crippen LogP contribution is -2.29. The molecular formula is C16H17BrClNO3S. The molecule has 2 rings (SSSR count). The Morgan fingerprint density at radius 3 is 2.57 bits per heavy atom. The standard InChI is InChI=1S/C16H17BrClNO3S/c1-19(10-9-12-5-3-4-6-15(12)22-2)23(20,21)16-8-7-13(17)11-14(16)18/h3-8,11H,9-10H2,1-2H3. The average Bonchev–Trinajstić information content (AvgIpc) is 2.52. The predicted octanol–water partition coefficient (Wildman–Crippen LogP) is 3.97. The van der Waals surface area contributed by atoms with Crippen molar-refractivity contribution >= 4 is 37.6 Å². The number of rotatable bonds is 6. The summed E-state index contributed by atoms with van der Waals surface area (Å²) < 4.78 is 32.6. The van der Waals surface area contributed by atoms with Gasteiger partial charge in [-0.3, -0.25) is 0 Å². The second-order valence-corrected chi connectivity index (χ2v) is 8.30. The summed E-state index contributed by atoms with van der Waals surface area (Å²) in [6.07, 6.45) is 0.549. The van der Waals surface area contributed by atoms with Gasteiger partial charge in [-0.25, -0.2) is 12.7 Å². The van der Waals surface area contributed by atoms with E-state index in [0.717, 1.165) is 15.8 Å². The third-order valence-corrected chi connectivity index (χ3v) is 6.30. The highest BCUT2D eigenvalue weighted by molar-refractivity contribution is 9.10. The Morgan fingerprint density at radius 2 is 1.91 bits per heavy atom. The van der Waals surface area contributed by atoms with Gasteiger partial charge in [-0.05, 0) is 36.2 Å². The van der Waals surface area contributed by atoms with Crippen LogP contribution in [0, 0.1) is 0 Å². The fraction of sp³-hybridized carbons (Fsp3) is 0.250. The Hall–Kier alpha value is -1.08. The number of hydrogen-bond donors (Lipinski definition) is 0. The van der Waals surface area contributed by atoms with Crippen molar-refractivity contribution in [3.05, 3.63) is 57.5 Å². The lowest BCUT2D eigenvalue weighted by molar-refractivity contribution is 0.406. The average molecular weight is 419 g/mol. The molecule has 0 heterocycles. The van der Waals surface area contributed by atoms with Crippen molar-refractivity contribution in [2.24, 2.45) is 0 Å². The fourth-order valence-electron chi connectivity index (χ4n) is 2.16. The van der Waals surface area contributed by atoms with E-state index in [2.05, 4.69) is 15.9 Å². The van der Waals surface area contributed by atoms with E-state index >= 15 is 0 Å². The van der Waals surface area contributed by atoms with E-state index in [1.807, 2.05) is 24.3 Å². The number of benzene rings is 2. The molecule has 0 saturated heterocycles. The lowest BCUT2D eigenvalue weighted by Gasteiger charge is -2.18. The summed E-state index contributed by atoms with van der Waals surface area (Å²) in [7, 11) is -0.494. The van der Waals surface area contributed by atoms with Gasteiger partial charge in [0, 0.05) is 18.1 Å².